The van der Waals surface area contributed by atoms with Gasteiger partial charge in [-0.05, 0) is 54.9 Å². The van der Waals surface area contributed by atoms with Gasteiger partial charge in [-0.25, -0.2) is 9.59 Å². The number of rotatable bonds is 3. The van der Waals surface area contributed by atoms with Crippen molar-refractivity contribution >= 4 is 18.0 Å². The highest BCUT2D eigenvalue weighted by Crippen LogP contribution is 2.41. The minimum atomic E-state index is -0.741. The zero-order chi connectivity index (χ0) is 21.4. The van der Waals surface area contributed by atoms with Gasteiger partial charge in [0.25, 0.3) is 0 Å². The average molecular weight is 395 g/mol. The highest BCUT2D eigenvalue weighted by atomic mass is 16.6. The molecule has 0 aliphatic carbocycles. The highest BCUT2D eigenvalue weighted by molar-refractivity contribution is 5.84. The van der Waals surface area contributed by atoms with E-state index in [1.165, 1.54) is 11.8 Å². The molecule has 7 heteroatoms. The lowest BCUT2D eigenvalue weighted by Gasteiger charge is -2.33. The molecule has 0 saturated carbocycles. The van der Waals surface area contributed by atoms with Crippen molar-refractivity contribution in [1.82, 2.24) is 9.80 Å². The van der Waals surface area contributed by atoms with Crippen molar-refractivity contribution in [3.8, 4) is 0 Å². The molecule has 0 N–H and O–H groups in total. The number of carbonyl (C=O) groups is 3. The Hall–Kier alpha value is -2.05. The summed E-state index contributed by atoms with van der Waals surface area (Å²) < 4.78 is 11.2. The van der Waals surface area contributed by atoms with E-state index < -0.39 is 29.3 Å². The first-order valence-electron chi connectivity index (χ1n) is 9.89. The maximum Gasteiger partial charge on any atom is 0.411 e. The fraction of sp³-hybridized carbons (Fsp3) is 0.762. The third kappa shape index (κ3) is 5.26. The number of amides is 2. The fourth-order valence-electron chi connectivity index (χ4n) is 3.79. The SMILES string of the molecule is C/C=C\[C@@H]1C[C@H](C(=O)OC(C)(C)C)N(C(=O)OC(C)(C)C)[C@H]1C1CN1C(C)=O. The summed E-state index contributed by atoms with van der Waals surface area (Å²) in [6, 6.07) is -1.17. The zero-order valence-corrected chi connectivity index (χ0v) is 18.3. The van der Waals surface area contributed by atoms with Gasteiger partial charge in [0.1, 0.15) is 17.2 Å². The zero-order valence-electron chi connectivity index (χ0n) is 18.3. The van der Waals surface area contributed by atoms with E-state index >= 15 is 0 Å². The van der Waals surface area contributed by atoms with Crippen LogP contribution in [0.3, 0.4) is 0 Å². The molecule has 2 fully saturated rings. The average Bonchev–Trinajstić information content (AvgIpc) is 3.19. The smallest absolute Gasteiger partial charge is 0.411 e. The van der Waals surface area contributed by atoms with Crippen molar-refractivity contribution < 1.29 is 23.9 Å². The lowest BCUT2D eigenvalue weighted by Crippen LogP contribution is -2.51. The summed E-state index contributed by atoms with van der Waals surface area (Å²) in [5.74, 6) is -0.524. The Morgan fingerprint density at radius 2 is 1.57 bits per heavy atom. The molecule has 2 heterocycles. The van der Waals surface area contributed by atoms with Gasteiger partial charge in [0.2, 0.25) is 5.91 Å². The minimum absolute atomic E-state index is 0.0333. The summed E-state index contributed by atoms with van der Waals surface area (Å²) in [5, 5.41) is 0. The summed E-state index contributed by atoms with van der Waals surface area (Å²) in [6.45, 7) is 14.8. The van der Waals surface area contributed by atoms with Gasteiger partial charge >= 0.3 is 12.1 Å². The number of carbonyl (C=O) groups excluding carboxylic acids is 3. The highest BCUT2D eigenvalue weighted by Gasteiger charge is 2.57. The Balaban J connectivity index is 2.38. The number of nitrogens with zero attached hydrogens (tertiary/aromatic N) is 2. The standard InChI is InChI=1S/C21H34N2O5/c1-9-10-14-11-15(18(25)27-20(3,4)5)23(19(26)28-21(6,7)8)17(14)16-12-22(16)13(2)24/h9-10,14-17H,11-12H2,1-8H3/b10-9-/t14-,15-,16?,17-,22?/m1/s1. The van der Waals surface area contributed by atoms with Crippen LogP contribution in [0.15, 0.2) is 12.2 Å². The van der Waals surface area contributed by atoms with Crippen LogP contribution in [0.2, 0.25) is 0 Å². The van der Waals surface area contributed by atoms with E-state index in [0.29, 0.717) is 13.0 Å². The van der Waals surface area contributed by atoms with E-state index in [1.54, 1.807) is 46.4 Å². The summed E-state index contributed by atoms with van der Waals surface area (Å²) in [7, 11) is 0. The third-order valence-electron chi connectivity index (χ3n) is 4.76. The Labute approximate surface area is 168 Å². The van der Waals surface area contributed by atoms with Crippen molar-refractivity contribution in [1.29, 1.82) is 0 Å². The minimum Gasteiger partial charge on any atom is -0.458 e. The van der Waals surface area contributed by atoms with Gasteiger partial charge in [0.15, 0.2) is 0 Å². The molecule has 2 aliphatic rings. The van der Waals surface area contributed by atoms with Gasteiger partial charge in [-0.15, -0.1) is 0 Å². The van der Waals surface area contributed by atoms with Crippen LogP contribution in [0.4, 0.5) is 4.79 Å². The van der Waals surface area contributed by atoms with Crippen LogP contribution >= 0.6 is 0 Å². The van der Waals surface area contributed by atoms with Crippen LogP contribution < -0.4 is 0 Å². The summed E-state index contributed by atoms with van der Waals surface area (Å²) in [5.41, 5.74) is -1.35. The van der Waals surface area contributed by atoms with E-state index in [1.807, 2.05) is 19.1 Å². The lowest BCUT2D eigenvalue weighted by atomic mass is 9.96. The van der Waals surface area contributed by atoms with Gasteiger partial charge in [-0.1, -0.05) is 12.2 Å². The van der Waals surface area contributed by atoms with Gasteiger partial charge < -0.3 is 14.4 Å². The van der Waals surface area contributed by atoms with E-state index in [2.05, 4.69) is 0 Å². The maximum absolute atomic E-state index is 13.1. The van der Waals surface area contributed by atoms with E-state index in [4.69, 9.17) is 9.47 Å². The van der Waals surface area contributed by atoms with Crippen LogP contribution in [0.1, 0.15) is 61.8 Å². The second kappa shape index (κ2) is 7.76. The molecule has 2 aliphatic heterocycles. The quantitative estimate of drug-likeness (QED) is 0.418. The molecule has 158 valence electrons. The summed E-state index contributed by atoms with van der Waals surface area (Å²) in [6.07, 6.45) is 3.83. The maximum atomic E-state index is 13.1. The molecule has 0 aromatic heterocycles. The van der Waals surface area contributed by atoms with E-state index in [0.717, 1.165) is 0 Å². The molecular formula is C21H34N2O5. The number of hydrogen-bond donors (Lipinski definition) is 0. The molecule has 1 unspecified atom stereocenters. The fourth-order valence-corrected chi connectivity index (χ4v) is 3.79. The number of ether oxygens (including phenoxy) is 2. The second-order valence-electron chi connectivity index (χ2n) is 9.59. The monoisotopic (exact) mass is 394 g/mol. The first kappa shape index (κ1) is 22.2. The van der Waals surface area contributed by atoms with Crippen molar-refractivity contribution in [2.75, 3.05) is 6.54 Å². The Morgan fingerprint density at radius 1 is 1.00 bits per heavy atom. The van der Waals surface area contributed by atoms with Crippen LogP contribution in [-0.2, 0) is 19.1 Å². The lowest BCUT2D eigenvalue weighted by molar-refractivity contribution is -0.160. The molecule has 4 atom stereocenters. The van der Waals surface area contributed by atoms with Gasteiger partial charge in [-0.3, -0.25) is 9.69 Å². The number of hydrogen-bond acceptors (Lipinski definition) is 5. The first-order chi connectivity index (χ1) is 12.7. The molecule has 28 heavy (non-hydrogen) atoms. The molecular weight excluding hydrogens is 360 g/mol. The van der Waals surface area contributed by atoms with Gasteiger partial charge in [0, 0.05) is 19.4 Å². The van der Waals surface area contributed by atoms with Crippen LogP contribution in [0, 0.1) is 5.92 Å². The largest absolute Gasteiger partial charge is 0.458 e. The molecule has 0 spiro atoms. The van der Waals surface area contributed by atoms with Crippen molar-refractivity contribution in [2.24, 2.45) is 5.92 Å². The Kier molecular flexibility index (Phi) is 6.16. The molecule has 0 bridgehead atoms. The van der Waals surface area contributed by atoms with Crippen LogP contribution in [0.5, 0.6) is 0 Å². The van der Waals surface area contributed by atoms with E-state index in [-0.39, 0.29) is 23.9 Å². The topological polar surface area (TPSA) is 75.9 Å². The van der Waals surface area contributed by atoms with E-state index in [9.17, 15) is 14.4 Å². The van der Waals surface area contributed by atoms with Crippen molar-refractivity contribution in [3.63, 3.8) is 0 Å². The first-order valence-corrected chi connectivity index (χ1v) is 9.89. The number of likely N-dealkylation sites (tertiary alicyclic amines) is 1. The predicted octanol–water partition coefficient (Wildman–Crippen LogP) is 3.13. The molecule has 2 saturated heterocycles. The predicted molar refractivity (Wildman–Crippen MR) is 106 cm³/mol. The second-order valence-corrected chi connectivity index (χ2v) is 9.59. The molecule has 0 aromatic carbocycles. The normalized spacial score (nSPS) is 27.9. The summed E-state index contributed by atoms with van der Waals surface area (Å²) in [4.78, 5) is 41.1. The van der Waals surface area contributed by atoms with Crippen LogP contribution in [-0.4, -0.2) is 63.6 Å². The van der Waals surface area contributed by atoms with Crippen molar-refractivity contribution in [2.45, 2.75) is 91.1 Å². The van der Waals surface area contributed by atoms with Gasteiger partial charge in [-0.2, -0.15) is 0 Å². The summed E-state index contributed by atoms with van der Waals surface area (Å²) >= 11 is 0. The number of esters is 1. The Morgan fingerprint density at radius 3 is 2.00 bits per heavy atom. The molecule has 2 amide bonds. The molecule has 0 radical (unpaired) electrons. The van der Waals surface area contributed by atoms with Crippen molar-refractivity contribution in [3.05, 3.63) is 12.2 Å². The Bertz CT molecular complexity index is 659. The molecule has 7 nitrogen and oxygen atoms in total. The van der Waals surface area contributed by atoms with Crippen LogP contribution in [0.25, 0.3) is 0 Å². The van der Waals surface area contributed by atoms with Gasteiger partial charge in [0.05, 0.1) is 12.1 Å². The number of allylic oxidation sites excluding steroid dienone is 1. The third-order valence-corrected chi connectivity index (χ3v) is 4.76. The molecule has 0 aromatic rings. The molecule has 2 rings (SSSR count).